The van der Waals surface area contributed by atoms with Gasteiger partial charge in [0, 0.05) is 25.7 Å². The summed E-state index contributed by atoms with van der Waals surface area (Å²) in [6, 6.07) is 8.81. The number of aliphatic imine (C=N–C) groups is 1. The van der Waals surface area contributed by atoms with Crippen LogP contribution in [0.2, 0.25) is 0 Å². The van der Waals surface area contributed by atoms with Gasteiger partial charge in [0.15, 0.2) is 5.96 Å². The van der Waals surface area contributed by atoms with Gasteiger partial charge in [0.25, 0.3) is 0 Å². The highest BCUT2D eigenvalue weighted by Gasteiger charge is 2.24. The van der Waals surface area contributed by atoms with Crippen molar-refractivity contribution in [1.29, 1.82) is 0 Å². The molecule has 1 saturated heterocycles. The Balaban J connectivity index is 2.04. The Morgan fingerprint density at radius 3 is 2.32 bits per heavy atom. The minimum Gasteiger partial charge on any atom is -0.497 e. The Hall–Kier alpha value is -1.79. The van der Waals surface area contributed by atoms with Crippen LogP contribution in [0.5, 0.6) is 5.75 Å². The smallest absolute Gasteiger partial charge is 0.191 e. The molecule has 1 unspecified atom stereocenters. The molecule has 0 aromatic heterocycles. The number of hydrogen-bond donors (Lipinski definition) is 2. The molecule has 1 aromatic rings. The van der Waals surface area contributed by atoms with Crippen LogP contribution in [0.1, 0.15) is 44.7 Å². The van der Waals surface area contributed by atoms with E-state index in [2.05, 4.69) is 77.6 Å². The number of likely N-dealkylation sites (tertiary alicyclic amines) is 1. The fourth-order valence-corrected chi connectivity index (χ4v) is 3.39. The molecule has 2 N–H and O–H groups in total. The molecular weight excluding hydrogens is 350 g/mol. The molecule has 0 amide bonds. The summed E-state index contributed by atoms with van der Waals surface area (Å²) in [6.07, 6.45) is 3.88. The molecule has 1 aromatic carbocycles. The van der Waals surface area contributed by atoms with Crippen molar-refractivity contribution in [1.82, 2.24) is 20.4 Å². The summed E-state index contributed by atoms with van der Waals surface area (Å²) in [5.41, 5.74) is 1.37. The van der Waals surface area contributed by atoms with E-state index < -0.39 is 0 Å². The zero-order chi connectivity index (χ0) is 20.6. The fraction of sp³-hybridized carbons (Fsp3) is 0.682. The highest BCUT2D eigenvalue weighted by molar-refractivity contribution is 5.79. The Kier molecular flexibility index (Phi) is 8.58. The van der Waals surface area contributed by atoms with Crippen LogP contribution in [0.15, 0.2) is 29.3 Å². The second kappa shape index (κ2) is 10.7. The van der Waals surface area contributed by atoms with Crippen molar-refractivity contribution < 1.29 is 4.74 Å². The topological polar surface area (TPSA) is 52.1 Å². The Morgan fingerprint density at radius 1 is 1.14 bits per heavy atom. The van der Waals surface area contributed by atoms with Crippen molar-refractivity contribution in [3.8, 4) is 5.75 Å². The van der Waals surface area contributed by atoms with Crippen LogP contribution in [0, 0.1) is 0 Å². The van der Waals surface area contributed by atoms with Gasteiger partial charge in [-0.25, -0.2) is 0 Å². The van der Waals surface area contributed by atoms with Crippen molar-refractivity contribution in [3.63, 3.8) is 0 Å². The molecular formula is C22H39N5O. The first-order valence-electron chi connectivity index (χ1n) is 10.4. The lowest BCUT2D eigenvalue weighted by atomic mass is 10.0. The number of hydrogen-bond acceptors (Lipinski definition) is 4. The van der Waals surface area contributed by atoms with Crippen molar-refractivity contribution >= 4 is 5.96 Å². The van der Waals surface area contributed by atoms with Gasteiger partial charge in [-0.05, 0) is 71.6 Å². The zero-order valence-corrected chi connectivity index (χ0v) is 18.6. The third-order valence-corrected chi connectivity index (χ3v) is 5.92. The molecule has 1 aliphatic rings. The van der Waals surface area contributed by atoms with Crippen LogP contribution < -0.4 is 15.4 Å². The standard InChI is InChI=1S/C22H39N5O/c1-22(2,26(4)5)17-25-21(23-3)24-16-20(27-14-8-7-9-15-27)18-10-12-19(28-6)13-11-18/h10-13,20H,7-9,14-17H2,1-6H3,(H2,23,24,25). The first-order chi connectivity index (χ1) is 13.4. The van der Waals surface area contributed by atoms with E-state index >= 15 is 0 Å². The number of ether oxygens (including phenoxy) is 1. The lowest BCUT2D eigenvalue weighted by molar-refractivity contribution is 0.163. The molecule has 1 heterocycles. The van der Waals surface area contributed by atoms with Gasteiger partial charge in [-0.2, -0.15) is 0 Å². The SMILES string of the molecule is CN=C(NCC(c1ccc(OC)cc1)N1CCCCC1)NCC(C)(C)N(C)C. The summed E-state index contributed by atoms with van der Waals surface area (Å²) in [5.74, 6) is 1.75. The number of nitrogens with zero attached hydrogens (tertiary/aromatic N) is 3. The maximum Gasteiger partial charge on any atom is 0.191 e. The summed E-state index contributed by atoms with van der Waals surface area (Å²) in [6.45, 7) is 8.41. The van der Waals surface area contributed by atoms with E-state index in [-0.39, 0.29) is 5.54 Å². The Bertz CT molecular complexity index is 606. The van der Waals surface area contributed by atoms with Gasteiger partial charge in [-0.3, -0.25) is 9.89 Å². The maximum absolute atomic E-state index is 5.33. The highest BCUT2D eigenvalue weighted by atomic mass is 16.5. The number of methoxy groups -OCH3 is 1. The molecule has 158 valence electrons. The third kappa shape index (κ3) is 6.38. The number of rotatable bonds is 8. The van der Waals surface area contributed by atoms with E-state index in [1.807, 2.05) is 7.05 Å². The van der Waals surface area contributed by atoms with Crippen molar-refractivity contribution in [2.24, 2.45) is 4.99 Å². The van der Waals surface area contributed by atoms with Crippen LogP contribution in [0.3, 0.4) is 0 Å². The average molecular weight is 390 g/mol. The van der Waals surface area contributed by atoms with Crippen LogP contribution >= 0.6 is 0 Å². The Labute approximate surface area is 171 Å². The first-order valence-corrected chi connectivity index (χ1v) is 10.4. The van der Waals surface area contributed by atoms with Crippen LogP contribution in [-0.4, -0.2) is 75.7 Å². The molecule has 1 atom stereocenters. The monoisotopic (exact) mass is 389 g/mol. The first kappa shape index (κ1) is 22.5. The number of piperidine rings is 1. The van der Waals surface area contributed by atoms with Crippen molar-refractivity contribution in [3.05, 3.63) is 29.8 Å². The van der Waals surface area contributed by atoms with Gasteiger partial charge in [0.05, 0.1) is 13.2 Å². The quantitative estimate of drug-likeness (QED) is 0.529. The van der Waals surface area contributed by atoms with Gasteiger partial charge in [-0.15, -0.1) is 0 Å². The van der Waals surface area contributed by atoms with E-state index in [1.54, 1.807) is 7.11 Å². The maximum atomic E-state index is 5.33. The lowest BCUT2D eigenvalue weighted by Gasteiger charge is -2.36. The molecule has 6 heteroatoms. The van der Waals surface area contributed by atoms with Crippen LogP contribution in [0.4, 0.5) is 0 Å². The van der Waals surface area contributed by atoms with Gasteiger partial charge >= 0.3 is 0 Å². The summed E-state index contributed by atoms with van der Waals surface area (Å²) in [5, 5.41) is 7.03. The molecule has 28 heavy (non-hydrogen) atoms. The second-order valence-corrected chi connectivity index (χ2v) is 8.40. The summed E-state index contributed by atoms with van der Waals surface area (Å²) < 4.78 is 5.33. The molecule has 6 nitrogen and oxygen atoms in total. The van der Waals surface area contributed by atoms with E-state index in [1.165, 1.54) is 24.8 Å². The van der Waals surface area contributed by atoms with Gasteiger partial charge in [0.2, 0.25) is 0 Å². The predicted molar refractivity (Wildman–Crippen MR) is 118 cm³/mol. The number of likely N-dealkylation sites (N-methyl/N-ethyl adjacent to an activating group) is 1. The molecule has 0 bridgehead atoms. The summed E-state index contributed by atoms with van der Waals surface area (Å²) in [4.78, 5) is 9.24. The number of benzene rings is 1. The lowest BCUT2D eigenvalue weighted by Crippen LogP contribution is -2.51. The third-order valence-electron chi connectivity index (χ3n) is 5.92. The van der Waals surface area contributed by atoms with Gasteiger partial charge in [-0.1, -0.05) is 18.6 Å². The van der Waals surface area contributed by atoms with Crippen LogP contribution in [0.25, 0.3) is 0 Å². The van der Waals surface area contributed by atoms with E-state index in [9.17, 15) is 0 Å². The molecule has 0 aliphatic carbocycles. The molecule has 1 aliphatic heterocycles. The van der Waals surface area contributed by atoms with E-state index in [4.69, 9.17) is 4.74 Å². The average Bonchev–Trinajstić information content (AvgIpc) is 2.71. The normalized spacial score (nSPS) is 17.5. The van der Waals surface area contributed by atoms with E-state index in [0.717, 1.165) is 37.9 Å². The van der Waals surface area contributed by atoms with Crippen molar-refractivity contribution in [2.45, 2.75) is 44.7 Å². The number of nitrogens with one attached hydrogen (secondary N) is 2. The zero-order valence-electron chi connectivity index (χ0n) is 18.6. The molecule has 1 fully saturated rings. The van der Waals surface area contributed by atoms with Crippen molar-refractivity contribution in [2.75, 3.05) is 54.4 Å². The highest BCUT2D eigenvalue weighted by Crippen LogP contribution is 2.25. The summed E-state index contributed by atoms with van der Waals surface area (Å²) >= 11 is 0. The minimum absolute atomic E-state index is 0.0554. The van der Waals surface area contributed by atoms with Gasteiger partial charge in [0.1, 0.15) is 5.75 Å². The minimum atomic E-state index is 0.0554. The predicted octanol–water partition coefficient (Wildman–Crippen LogP) is 2.73. The second-order valence-electron chi connectivity index (χ2n) is 8.40. The fourth-order valence-electron chi connectivity index (χ4n) is 3.39. The molecule has 0 radical (unpaired) electrons. The molecule has 2 rings (SSSR count). The summed E-state index contributed by atoms with van der Waals surface area (Å²) in [7, 11) is 7.76. The molecule has 0 saturated carbocycles. The Morgan fingerprint density at radius 2 is 1.79 bits per heavy atom. The molecule has 0 spiro atoms. The van der Waals surface area contributed by atoms with E-state index in [0.29, 0.717) is 6.04 Å². The largest absolute Gasteiger partial charge is 0.497 e. The van der Waals surface area contributed by atoms with Gasteiger partial charge < -0.3 is 20.3 Å². The van der Waals surface area contributed by atoms with Crippen LogP contribution in [-0.2, 0) is 0 Å². The number of guanidine groups is 1.